The molecule has 5 nitrogen and oxygen atoms in total. The second kappa shape index (κ2) is 6.36. The Kier molecular flexibility index (Phi) is 4.74. The normalized spacial score (nSPS) is 13.3. The first-order valence-corrected chi connectivity index (χ1v) is 8.24. The van der Waals surface area contributed by atoms with Crippen molar-refractivity contribution in [3.05, 3.63) is 53.6 Å². The number of nitrogens with zero attached hydrogens (tertiary/aromatic N) is 2. The Balaban J connectivity index is 1.97. The average molecular weight is 311 g/mol. The summed E-state index contributed by atoms with van der Waals surface area (Å²) in [5.74, 6) is -0.886. The number of sulfonamides is 1. The van der Waals surface area contributed by atoms with Crippen LogP contribution in [0.3, 0.4) is 0 Å². The van der Waals surface area contributed by atoms with E-state index >= 15 is 0 Å². The van der Waals surface area contributed by atoms with Gasteiger partial charge in [0, 0.05) is 18.3 Å². The number of benzene rings is 1. The summed E-state index contributed by atoms with van der Waals surface area (Å²) in [6, 6.07) is 5.74. The summed E-state index contributed by atoms with van der Waals surface area (Å²) in [6.07, 6.45) is 3.56. The van der Waals surface area contributed by atoms with Crippen LogP contribution < -0.4 is 4.72 Å². The van der Waals surface area contributed by atoms with Gasteiger partial charge in [0.05, 0.1) is 18.0 Å². The molecule has 0 fully saturated rings. The number of hydrogen-bond acceptors (Lipinski definition) is 3. The summed E-state index contributed by atoms with van der Waals surface area (Å²) in [6.45, 7) is 3.98. The quantitative estimate of drug-likeness (QED) is 0.887. The highest BCUT2D eigenvalue weighted by Crippen LogP contribution is 2.11. The van der Waals surface area contributed by atoms with Crippen molar-refractivity contribution < 1.29 is 12.8 Å². The predicted molar refractivity (Wildman–Crippen MR) is 78.7 cm³/mol. The van der Waals surface area contributed by atoms with E-state index in [1.54, 1.807) is 16.9 Å². The molecular formula is C14H18FN3O2S. The molecule has 1 aromatic heterocycles. The summed E-state index contributed by atoms with van der Waals surface area (Å²) in [5.41, 5.74) is 1.17. The van der Waals surface area contributed by atoms with Crippen molar-refractivity contribution in [2.45, 2.75) is 25.6 Å². The molecule has 114 valence electrons. The molecule has 0 bridgehead atoms. The van der Waals surface area contributed by atoms with Crippen LogP contribution >= 0.6 is 0 Å². The summed E-state index contributed by atoms with van der Waals surface area (Å²) in [4.78, 5) is 0. The van der Waals surface area contributed by atoms with Gasteiger partial charge in [0.1, 0.15) is 5.82 Å². The van der Waals surface area contributed by atoms with Gasteiger partial charge >= 0.3 is 0 Å². The number of nitrogens with one attached hydrogen (secondary N) is 1. The van der Waals surface area contributed by atoms with Crippen molar-refractivity contribution in [2.75, 3.05) is 6.54 Å². The van der Waals surface area contributed by atoms with E-state index in [2.05, 4.69) is 9.82 Å². The van der Waals surface area contributed by atoms with E-state index in [-0.39, 0.29) is 23.9 Å². The third-order valence-corrected chi connectivity index (χ3v) is 4.38. The van der Waals surface area contributed by atoms with Gasteiger partial charge in [0.2, 0.25) is 10.0 Å². The Morgan fingerprint density at radius 2 is 2.10 bits per heavy atom. The van der Waals surface area contributed by atoms with Gasteiger partial charge < -0.3 is 0 Å². The lowest BCUT2D eigenvalue weighted by Crippen LogP contribution is -2.31. The molecule has 0 radical (unpaired) electrons. The zero-order valence-corrected chi connectivity index (χ0v) is 12.8. The minimum absolute atomic E-state index is 0.117. The van der Waals surface area contributed by atoms with Crippen molar-refractivity contribution in [3.8, 4) is 0 Å². The molecule has 2 rings (SSSR count). The highest BCUT2D eigenvalue weighted by atomic mass is 32.2. The van der Waals surface area contributed by atoms with Crippen LogP contribution in [0.4, 0.5) is 4.39 Å². The van der Waals surface area contributed by atoms with Crippen LogP contribution in [0.1, 0.15) is 24.1 Å². The molecule has 0 spiro atoms. The third-order valence-electron chi connectivity index (χ3n) is 3.08. The van der Waals surface area contributed by atoms with E-state index < -0.39 is 15.8 Å². The second-order valence-corrected chi connectivity index (χ2v) is 6.85. The van der Waals surface area contributed by atoms with E-state index in [0.29, 0.717) is 0 Å². The van der Waals surface area contributed by atoms with Crippen LogP contribution in [0, 0.1) is 12.7 Å². The van der Waals surface area contributed by atoms with Crippen molar-refractivity contribution >= 4 is 10.0 Å². The second-order valence-electron chi connectivity index (χ2n) is 5.05. The van der Waals surface area contributed by atoms with Gasteiger partial charge in [-0.05, 0) is 25.5 Å². The molecule has 1 heterocycles. The maximum absolute atomic E-state index is 13.5. The minimum atomic E-state index is -3.58. The Labute approximate surface area is 123 Å². The fraction of sp³-hybridized carbons (Fsp3) is 0.357. The van der Waals surface area contributed by atoms with Gasteiger partial charge in [-0.3, -0.25) is 4.68 Å². The Morgan fingerprint density at radius 1 is 1.38 bits per heavy atom. The summed E-state index contributed by atoms with van der Waals surface area (Å²) < 4.78 is 41.6. The number of aryl methyl sites for hydroxylation is 1. The van der Waals surface area contributed by atoms with Gasteiger partial charge in [0.15, 0.2) is 0 Å². The molecule has 21 heavy (non-hydrogen) atoms. The molecule has 0 saturated carbocycles. The van der Waals surface area contributed by atoms with E-state index in [9.17, 15) is 12.8 Å². The molecule has 1 N–H and O–H groups in total. The highest BCUT2D eigenvalue weighted by molar-refractivity contribution is 7.88. The lowest BCUT2D eigenvalue weighted by atomic mass is 10.2. The topological polar surface area (TPSA) is 64.0 Å². The first-order valence-electron chi connectivity index (χ1n) is 6.59. The van der Waals surface area contributed by atoms with Crippen LogP contribution in [-0.4, -0.2) is 24.7 Å². The Hall–Kier alpha value is -1.73. The largest absolute Gasteiger partial charge is 0.268 e. The summed E-state index contributed by atoms with van der Waals surface area (Å²) >= 11 is 0. The van der Waals surface area contributed by atoms with Crippen LogP contribution in [0.5, 0.6) is 0 Å². The zero-order chi connectivity index (χ0) is 15.5. The molecule has 7 heteroatoms. The van der Waals surface area contributed by atoms with Crippen molar-refractivity contribution in [3.63, 3.8) is 0 Å². The SMILES string of the molecule is Cc1cnn(C(C)CNS(=O)(=O)Cc2ccccc2F)c1. The van der Waals surface area contributed by atoms with E-state index in [1.165, 1.54) is 18.2 Å². The molecule has 1 unspecified atom stereocenters. The highest BCUT2D eigenvalue weighted by Gasteiger charge is 2.16. The number of halogens is 1. The molecule has 0 aliphatic heterocycles. The van der Waals surface area contributed by atoms with E-state index in [1.807, 2.05) is 20.0 Å². The lowest BCUT2D eigenvalue weighted by molar-refractivity contribution is 0.478. The van der Waals surface area contributed by atoms with E-state index in [0.717, 1.165) is 5.56 Å². The number of hydrogen-bond donors (Lipinski definition) is 1. The fourth-order valence-electron chi connectivity index (χ4n) is 1.89. The van der Waals surface area contributed by atoms with Crippen LogP contribution in [0.25, 0.3) is 0 Å². The van der Waals surface area contributed by atoms with Crippen molar-refractivity contribution in [1.29, 1.82) is 0 Å². The Morgan fingerprint density at radius 3 is 2.71 bits per heavy atom. The molecule has 1 aromatic carbocycles. The molecule has 0 saturated heterocycles. The fourth-order valence-corrected chi connectivity index (χ4v) is 3.13. The molecule has 0 amide bonds. The van der Waals surface area contributed by atoms with Crippen LogP contribution in [0.2, 0.25) is 0 Å². The van der Waals surface area contributed by atoms with Crippen LogP contribution in [0.15, 0.2) is 36.7 Å². The van der Waals surface area contributed by atoms with E-state index in [4.69, 9.17) is 0 Å². The first kappa shape index (κ1) is 15.7. The minimum Gasteiger partial charge on any atom is -0.268 e. The zero-order valence-electron chi connectivity index (χ0n) is 12.0. The average Bonchev–Trinajstić information content (AvgIpc) is 2.85. The van der Waals surface area contributed by atoms with Crippen molar-refractivity contribution in [1.82, 2.24) is 14.5 Å². The molecule has 1 atom stereocenters. The number of rotatable bonds is 6. The molecule has 0 aliphatic rings. The maximum atomic E-state index is 13.5. The smallest absolute Gasteiger partial charge is 0.215 e. The first-order chi connectivity index (χ1) is 9.87. The molecule has 2 aromatic rings. The standard InChI is InChI=1S/C14H18FN3O2S/c1-11-7-16-18(9-11)12(2)8-17-21(19,20)10-13-5-3-4-6-14(13)15/h3-7,9,12,17H,8,10H2,1-2H3. The maximum Gasteiger partial charge on any atom is 0.215 e. The van der Waals surface area contributed by atoms with Gasteiger partial charge in [-0.15, -0.1) is 0 Å². The molecule has 0 aliphatic carbocycles. The third kappa shape index (κ3) is 4.37. The van der Waals surface area contributed by atoms with Gasteiger partial charge in [-0.2, -0.15) is 5.10 Å². The van der Waals surface area contributed by atoms with Gasteiger partial charge in [0.25, 0.3) is 0 Å². The molecular weight excluding hydrogens is 293 g/mol. The summed E-state index contributed by atoms with van der Waals surface area (Å²) in [7, 11) is -3.58. The van der Waals surface area contributed by atoms with Crippen LogP contribution in [-0.2, 0) is 15.8 Å². The van der Waals surface area contributed by atoms with Gasteiger partial charge in [-0.25, -0.2) is 17.5 Å². The Bertz CT molecular complexity index is 713. The number of aromatic nitrogens is 2. The predicted octanol–water partition coefficient (Wildman–Crippen LogP) is 2.01. The lowest BCUT2D eigenvalue weighted by Gasteiger charge is -2.13. The summed E-state index contributed by atoms with van der Waals surface area (Å²) in [5, 5.41) is 4.14. The monoisotopic (exact) mass is 311 g/mol. The van der Waals surface area contributed by atoms with Gasteiger partial charge in [-0.1, -0.05) is 18.2 Å². The van der Waals surface area contributed by atoms with Crippen molar-refractivity contribution in [2.24, 2.45) is 0 Å².